The predicted molar refractivity (Wildman–Crippen MR) is 170 cm³/mol. The molecule has 2 saturated carbocycles. The van der Waals surface area contributed by atoms with Gasteiger partial charge in [-0.05, 0) is 71.6 Å². The highest BCUT2D eigenvalue weighted by molar-refractivity contribution is 6.33. The van der Waals surface area contributed by atoms with E-state index >= 15 is 4.39 Å². The van der Waals surface area contributed by atoms with Crippen LogP contribution in [0.3, 0.4) is 0 Å². The van der Waals surface area contributed by atoms with Crippen LogP contribution in [0.4, 0.5) is 15.0 Å². The van der Waals surface area contributed by atoms with Gasteiger partial charge in [-0.1, -0.05) is 23.7 Å². The summed E-state index contributed by atoms with van der Waals surface area (Å²) >= 11 is 6.85. The van der Waals surface area contributed by atoms with E-state index in [9.17, 15) is 9.59 Å². The van der Waals surface area contributed by atoms with Crippen LogP contribution in [0.1, 0.15) is 76.6 Å². The molecule has 3 aliphatic rings. The maximum atomic E-state index is 15.1. The van der Waals surface area contributed by atoms with Gasteiger partial charge >= 0.3 is 11.8 Å². The van der Waals surface area contributed by atoms with Gasteiger partial charge in [0, 0.05) is 43.1 Å². The van der Waals surface area contributed by atoms with E-state index in [1.165, 1.54) is 10.6 Å². The molecule has 0 N–H and O–H groups in total. The van der Waals surface area contributed by atoms with Crippen molar-refractivity contribution in [3.05, 3.63) is 69.4 Å². The molecule has 10 nitrogen and oxygen atoms in total. The lowest BCUT2D eigenvalue weighted by atomic mass is 10.1. The number of nitrogens with zero attached hydrogens (tertiary/aromatic N) is 7. The number of ether oxygens (including phenoxy) is 1. The lowest BCUT2D eigenvalue weighted by Gasteiger charge is -2.41. The molecule has 45 heavy (non-hydrogen) atoms. The molecule has 234 valence electrons. The molecule has 4 aromatic rings. The molecule has 0 spiro atoms. The SMILES string of the molecule is C[C@H]1CN(C(=O)OC(C)(C)C)CCN1c1nc(=O)n(-c2c(C3CC3)ncnc2C2CC2)c2nc(-c3ccccc3F)c(Cl)cc12. The number of carbonyl (C=O) groups excluding carboxylic acids is 1. The maximum Gasteiger partial charge on any atom is 0.410 e. The normalized spacial score (nSPS) is 18.8. The molecule has 1 aliphatic heterocycles. The van der Waals surface area contributed by atoms with Gasteiger partial charge in [0.15, 0.2) is 5.65 Å². The monoisotopic (exact) mass is 631 g/mol. The Labute approximate surface area is 265 Å². The fraction of sp³-hybridized carbons (Fsp3) is 0.455. The van der Waals surface area contributed by atoms with Crippen LogP contribution >= 0.6 is 11.6 Å². The first-order valence-corrected chi connectivity index (χ1v) is 15.9. The number of pyridine rings is 1. The number of halogens is 2. The van der Waals surface area contributed by atoms with Crippen LogP contribution in [0.25, 0.3) is 28.0 Å². The van der Waals surface area contributed by atoms with Gasteiger partial charge in [-0.25, -0.2) is 33.5 Å². The molecular weight excluding hydrogens is 597 g/mol. The van der Waals surface area contributed by atoms with E-state index < -0.39 is 17.1 Å². The van der Waals surface area contributed by atoms with Gasteiger partial charge in [0.1, 0.15) is 23.6 Å². The zero-order valence-corrected chi connectivity index (χ0v) is 26.5. The number of fused-ring (bicyclic) bond motifs is 1. The summed E-state index contributed by atoms with van der Waals surface area (Å²) < 4.78 is 22.2. The van der Waals surface area contributed by atoms with E-state index in [2.05, 4.69) is 15.0 Å². The number of hydrogen-bond acceptors (Lipinski definition) is 8. The van der Waals surface area contributed by atoms with Gasteiger partial charge in [-0.3, -0.25) is 0 Å². The van der Waals surface area contributed by atoms with Crippen LogP contribution < -0.4 is 10.6 Å². The maximum absolute atomic E-state index is 15.1. The number of aromatic nitrogens is 5. The van der Waals surface area contributed by atoms with Crippen molar-refractivity contribution < 1.29 is 13.9 Å². The van der Waals surface area contributed by atoms with Crippen LogP contribution in [0, 0.1) is 5.82 Å². The number of carbonyl (C=O) groups is 1. The molecule has 3 aromatic heterocycles. The Hall–Kier alpha value is -4.12. The third-order valence-electron chi connectivity index (χ3n) is 8.51. The molecule has 1 saturated heterocycles. The van der Waals surface area contributed by atoms with Crippen molar-refractivity contribution in [3.8, 4) is 16.9 Å². The first-order valence-electron chi connectivity index (χ1n) is 15.5. The lowest BCUT2D eigenvalue weighted by Crippen LogP contribution is -2.55. The van der Waals surface area contributed by atoms with E-state index in [1.807, 2.05) is 32.6 Å². The topological polar surface area (TPSA) is 106 Å². The fourth-order valence-corrected chi connectivity index (χ4v) is 6.33. The first kappa shape index (κ1) is 29.6. The standard InChI is InChI=1S/C33H35ClFN7O3/c1-18-16-40(32(44)45-33(2,3)4)13-14-41(18)29-22-15-23(34)27(21-7-5-6-8-24(21)35)38-30(22)42(31(43)39-29)28-25(19-9-10-19)36-17-37-26(28)20-11-12-20/h5-8,15,17-20H,9-14,16H2,1-4H3/t18-/m0/s1. The van der Waals surface area contributed by atoms with Crippen LogP contribution in [-0.4, -0.2) is 66.8 Å². The zero-order valence-electron chi connectivity index (χ0n) is 25.8. The Morgan fingerprint density at radius 1 is 1.02 bits per heavy atom. The molecule has 1 aromatic carbocycles. The van der Waals surface area contributed by atoms with Gasteiger partial charge in [0.05, 0.1) is 33.2 Å². The molecule has 0 radical (unpaired) electrons. The van der Waals surface area contributed by atoms with Crippen molar-refractivity contribution in [3.63, 3.8) is 0 Å². The predicted octanol–water partition coefficient (Wildman–Crippen LogP) is 6.23. The second kappa shape index (κ2) is 11.0. The smallest absolute Gasteiger partial charge is 0.410 e. The van der Waals surface area contributed by atoms with Gasteiger partial charge in [0.25, 0.3) is 0 Å². The third-order valence-corrected chi connectivity index (χ3v) is 8.80. The van der Waals surface area contributed by atoms with E-state index in [4.69, 9.17) is 21.3 Å². The molecule has 3 fully saturated rings. The third kappa shape index (κ3) is 5.62. The largest absolute Gasteiger partial charge is 0.444 e. The quantitative estimate of drug-likeness (QED) is 0.255. The van der Waals surface area contributed by atoms with Gasteiger partial charge in [0.2, 0.25) is 0 Å². The average molecular weight is 632 g/mol. The molecule has 4 heterocycles. The molecule has 1 amide bonds. The number of rotatable bonds is 5. The molecular formula is C33H35ClFN7O3. The van der Waals surface area contributed by atoms with Gasteiger partial charge < -0.3 is 14.5 Å². The van der Waals surface area contributed by atoms with Crippen molar-refractivity contribution in [2.45, 2.75) is 76.9 Å². The Kier molecular flexibility index (Phi) is 7.26. The first-order chi connectivity index (χ1) is 21.5. The van der Waals surface area contributed by atoms with Gasteiger partial charge in [-0.15, -0.1) is 0 Å². The number of piperazine rings is 1. The fourth-order valence-electron chi connectivity index (χ4n) is 6.08. The van der Waals surface area contributed by atoms with E-state index in [-0.39, 0.29) is 40.3 Å². The van der Waals surface area contributed by atoms with Crippen molar-refractivity contribution >= 4 is 34.5 Å². The van der Waals surface area contributed by atoms with E-state index in [1.54, 1.807) is 35.5 Å². The highest BCUT2D eigenvalue weighted by Crippen LogP contribution is 2.47. The lowest BCUT2D eigenvalue weighted by molar-refractivity contribution is 0.0218. The Bertz CT molecular complexity index is 1850. The van der Waals surface area contributed by atoms with Crippen molar-refractivity contribution in [1.82, 2.24) is 29.4 Å². The molecule has 0 unspecified atom stereocenters. The minimum atomic E-state index is -0.613. The second-order valence-corrected chi connectivity index (χ2v) is 13.6. The van der Waals surface area contributed by atoms with Gasteiger partial charge in [-0.2, -0.15) is 4.98 Å². The highest BCUT2D eigenvalue weighted by atomic mass is 35.5. The van der Waals surface area contributed by atoms with E-state index in [0.29, 0.717) is 42.2 Å². The zero-order chi connectivity index (χ0) is 31.6. The minimum absolute atomic E-state index is 0.202. The van der Waals surface area contributed by atoms with Crippen molar-refractivity contribution in [2.75, 3.05) is 24.5 Å². The second-order valence-electron chi connectivity index (χ2n) is 13.2. The highest BCUT2D eigenvalue weighted by Gasteiger charge is 2.37. The summed E-state index contributed by atoms with van der Waals surface area (Å²) in [5, 5.41) is 0.777. The number of amides is 1. The number of anilines is 1. The van der Waals surface area contributed by atoms with Crippen molar-refractivity contribution in [1.29, 1.82) is 0 Å². The minimum Gasteiger partial charge on any atom is -0.444 e. The summed E-state index contributed by atoms with van der Waals surface area (Å²) in [6.07, 6.45) is 5.11. The van der Waals surface area contributed by atoms with Crippen LogP contribution in [-0.2, 0) is 4.74 Å². The Morgan fingerprint density at radius 2 is 1.69 bits per heavy atom. The molecule has 1 atom stereocenters. The molecule has 2 aliphatic carbocycles. The molecule has 12 heteroatoms. The summed E-state index contributed by atoms with van der Waals surface area (Å²) in [4.78, 5) is 49.7. The Balaban J connectivity index is 1.41. The summed E-state index contributed by atoms with van der Waals surface area (Å²) in [6, 6.07) is 7.82. The summed E-state index contributed by atoms with van der Waals surface area (Å²) in [5.74, 6) is 0.388. The molecule has 7 rings (SSSR count). The van der Waals surface area contributed by atoms with Crippen LogP contribution in [0.2, 0.25) is 5.02 Å². The average Bonchev–Trinajstić information content (AvgIpc) is 3.90. The van der Waals surface area contributed by atoms with Crippen molar-refractivity contribution in [2.24, 2.45) is 0 Å². The van der Waals surface area contributed by atoms with E-state index in [0.717, 1.165) is 37.1 Å². The summed E-state index contributed by atoms with van der Waals surface area (Å²) in [7, 11) is 0. The number of hydrogen-bond donors (Lipinski definition) is 0. The number of benzene rings is 1. The van der Waals surface area contributed by atoms with Crippen LogP contribution in [0.5, 0.6) is 0 Å². The summed E-state index contributed by atoms with van der Waals surface area (Å²) in [5.41, 5.74) is 1.90. The molecule has 0 bridgehead atoms. The summed E-state index contributed by atoms with van der Waals surface area (Å²) in [6.45, 7) is 8.65. The Morgan fingerprint density at radius 3 is 2.29 bits per heavy atom. The van der Waals surface area contributed by atoms with Crippen LogP contribution in [0.15, 0.2) is 41.5 Å².